The van der Waals surface area contributed by atoms with Gasteiger partial charge in [-0.1, -0.05) is 13.8 Å². The van der Waals surface area contributed by atoms with Gasteiger partial charge < -0.3 is 15.4 Å². The Morgan fingerprint density at radius 2 is 1.73 bits per heavy atom. The molecule has 88 valence electrons. The van der Waals surface area contributed by atoms with Crippen molar-refractivity contribution in [3.8, 4) is 0 Å². The van der Waals surface area contributed by atoms with Crippen LogP contribution in [0.1, 0.15) is 34.6 Å². The minimum atomic E-state index is -0.536. The van der Waals surface area contributed by atoms with Crippen LogP contribution in [0.5, 0.6) is 0 Å². The summed E-state index contributed by atoms with van der Waals surface area (Å²) in [5.41, 5.74) is -0.522. The molecule has 0 aromatic heterocycles. The number of rotatable bonds is 3. The van der Waals surface area contributed by atoms with Gasteiger partial charge in [0.15, 0.2) is 0 Å². The van der Waals surface area contributed by atoms with Crippen molar-refractivity contribution in [1.82, 2.24) is 10.6 Å². The summed E-state index contributed by atoms with van der Waals surface area (Å²) in [5.74, 6) is -0.198. The van der Waals surface area contributed by atoms with Crippen molar-refractivity contribution < 1.29 is 14.3 Å². The highest BCUT2D eigenvalue weighted by Gasteiger charge is 2.15. The van der Waals surface area contributed by atoms with Gasteiger partial charge in [0.05, 0.1) is 6.67 Å². The normalized spacial score (nSPS) is 11.1. The molecule has 0 atom stereocenters. The van der Waals surface area contributed by atoms with Crippen LogP contribution in [0.2, 0.25) is 0 Å². The Balaban J connectivity index is 3.70. The van der Waals surface area contributed by atoms with Crippen molar-refractivity contribution in [2.45, 2.75) is 40.2 Å². The first kappa shape index (κ1) is 13.7. The van der Waals surface area contributed by atoms with Crippen molar-refractivity contribution in [3.63, 3.8) is 0 Å². The maximum atomic E-state index is 11.1. The molecule has 2 N–H and O–H groups in total. The van der Waals surface area contributed by atoms with E-state index in [4.69, 9.17) is 4.74 Å². The third-order valence-corrected chi connectivity index (χ3v) is 1.42. The molecule has 0 aromatic rings. The second-order valence-electron chi connectivity index (χ2n) is 4.55. The molecule has 0 spiro atoms. The van der Waals surface area contributed by atoms with Crippen LogP contribution in [0.15, 0.2) is 0 Å². The van der Waals surface area contributed by atoms with Crippen molar-refractivity contribution in [2.75, 3.05) is 6.67 Å². The predicted molar refractivity (Wildman–Crippen MR) is 57.2 cm³/mol. The number of nitrogens with one attached hydrogen (secondary N) is 2. The molecule has 0 rings (SSSR count). The predicted octanol–water partition coefficient (Wildman–Crippen LogP) is 1.24. The second kappa shape index (κ2) is 5.58. The lowest BCUT2D eigenvalue weighted by molar-refractivity contribution is -0.124. The van der Waals surface area contributed by atoms with E-state index in [9.17, 15) is 9.59 Å². The van der Waals surface area contributed by atoms with E-state index in [2.05, 4.69) is 10.6 Å². The van der Waals surface area contributed by atoms with Gasteiger partial charge in [0.25, 0.3) is 0 Å². The smallest absolute Gasteiger partial charge is 0.409 e. The van der Waals surface area contributed by atoms with Crippen molar-refractivity contribution in [2.24, 2.45) is 5.92 Å². The van der Waals surface area contributed by atoms with Gasteiger partial charge >= 0.3 is 6.09 Å². The Morgan fingerprint density at radius 3 is 2.13 bits per heavy atom. The standard InChI is InChI=1S/C10H20N2O3/c1-7(2)8(13)11-6-12-9(14)15-10(3,4)5/h7H,6H2,1-5H3,(H,11,13)(H,12,14). The fraction of sp³-hybridized carbons (Fsp3) is 0.800. The average molecular weight is 216 g/mol. The topological polar surface area (TPSA) is 67.4 Å². The van der Waals surface area contributed by atoms with Gasteiger partial charge in [0.2, 0.25) is 5.91 Å². The molecule has 0 radical (unpaired) electrons. The third kappa shape index (κ3) is 7.78. The van der Waals surface area contributed by atoms with Crippen LogP contribution in [0.3, 0.4) is 0 Å². The van der Waals surface area contributed by atoms with Crippen LogP contribution in [0, 0.1) is 5.92 Å². The highest BCUT2D eigenvalue weighted by atomic mass is 16.6. The zero-order chi connectivity index (χ0) is 12.1. The van der Waals surface area contributed by atoms with Gasteiger partial charge in [-0.15, -0.1) is 0 Å². The largest absolute Gasteiger partial charge is 0.444 e. The van der Waals surface area contributed by atoms with E-state index in [1.165, 1.54) is 0 Å². The molecule has 0 aliphatic rings. The quantitative estimate of drug-likeness (QED) is 0.697. The molecule has 15 heavy (non-hydrogen) atoms. The Kier molecular flexibility index (Phi) is 5.11. The number of carbonyl (C=O) groups is 2. The molecular weight excluding hydrogens is 196 g/mol. The highest BCUT2D eigenvalue weighted by Crippen LogP contribution is 2.05. The van der Waals surface area contributed by atoms with Crippen molar-refractivity contribution in [1.29, 1.82) is 0 Å². The fourth-order valence-corrected chi connectivity index (χ4v) is 0.722. The van der Waals surface area contributed by atoms with Crippen LogP contribution in [-0.4, -0.2) is 24.3 Å². The molecule has 0 aliphatic heterocycles. The first-order valence-corrected chi connectivity index (χ1v) is 4.97. The lowest BCUT2D eigenvalue weighted by atomic mass is 10.2. The van der Waals surface area contributed by atoms with Gasteiger partial charge in [0, 0.05) is 5.92 Å². The molecule has 0 fully saturated rings. The number of carbonyl (C=O) groups excluding carboxylic acids is 2. The van der Waals surface area contributed by atoms with E-state index in [0.717, 1.165) is 0 Å². The number of hydrogen-bond acceptors (Lipinski definition) is 3. The summed E-state index contributed by atoms with van der Waals surface area (Å²) in [7, 11) is 0. The zero-order valence-corrected chi connectivity index (χ0v) is 10.0. The molecule has 0 aromatic carbocycles. The summed E-state index contributed by atoms with van der Waals surface area (Å²) in [6, 6.07) is 0. The first-order chi connectivity index (χ1) is 6.72. The molecule has 5 heteroatoms. The Bertz CT molecular complexity index is 231. The lowest BCUT2D eigenvalue weighted by Gasteiger charge is -2.19. The lowest BCUT2D eigenvalue weighted by Crippen LogP contribution is -2.41. The molecule has 2 amide bonds. The second-order valence-corrected chi connectivity index (χ2v) is 4.55. The van der Waals surface area contributed by atoms with E-state index < -0.39 is 11.7 Å². The summed E-state index contributed by atoms with van der Waals surface area (Å²) >= 11 is 0. The molecule has 0 saturated carbocycles. The third-order valence-electron chi connectivity index (χ3n) is 1.42. The van der Waals surface area contributed by atoms with Gasteiger partial charge in [-0.2, -0.15) is 0 Å². The minimum Gasteiger partial charge on any atom is -0.444 e. The first-order valence-electron chi connectivity index (χ1n) is 4.97. The molecule has 0 unspecified atom stereocenters. The summed E-state index contributed by atoms with van der Waals surface area (Å²) in [4.78, 5) is 22.2. The van der Waals surface area contributed by atoms with E-state index in [1.54, 1.807) is 34.6 Å². The Labute approximate surface area is 90.6 Å². The number of amides is 2. The number of alkyl carbamates (subject to hydrolysis) is 1. The van der Waals surface area contributed by atoms with Crippen molar-refractivity contribution >= 4 is 12.0 Å². The Hall–Kier alpha value is -1.26. The van der Waals surface area contributed by atoms with Gasteiger partial charge in [-0.05, 0) is 20.8 Å². The fourth-order valence-electron chi connectivity index (χ4n) is 0.722. The number of hydrogen-bond donors (Lipinski definition) is 2. The maximum Gasteiger partial charge on any atom is 0.409 e. The van der Waals surface area contributed by atoms with Gasteiger partial charge in [-0.3, -0.25) is 4.79 Å². The van der Waals surface area contributed by atoms with Crippen LogP contribution in [0.25, 0.3) is 0 Å². The van der Waals surface area contributed by atoms with Crippen LogP contribution in [-0.2, 0) is 9.53 Å². The van der Waals surface area contributed by atoms with E-state index in [1.807, 2.05) is 0 Å². The molecular formula is C10H20N2O3. The maximum absolute atomic E-state index is 11.1. The van der Waals surface area contributed by atoms with E-state index in [-0.39, 0.29) is 18.5 Å². The monoisotopic (exact) mass is 216 g/mol. The number of ether oxygens (including phenoxy) is 1. The highest BCUT2D eigenvalue weighted by molar-refractivity contribution is 5.78. The molecule has 0 saturated heterocycles. The van der Waals surface area contributed by atoms with E-state index in [0.29, 0.717) is 0 Å². The molecule has 5 nitrogen and oxygen atoms in total. The van der Waals surface area contributed by atoms with Crippen LogP contribution >= 0.6 is 0 Å². The zero-order valence-electron chi connectivity index (χ0n) is 10.0. The van der Waals surface area contributed by atoms with E-state index >= 15 is 0 Å². The SMILES string of the molecule is CC(C)C(=O)NCNC(=O)OC(C)(C)C. The summed E-state index contributed by atoms with van der Waals surface area (Å²) in [6.45, 7) is 8.98. The minimum absolute atomic E-state index is 0.0892. The van der Waals surface area contributed by atoms with Crippen molar-refractivity contribution in [3.05, 3.63) is 0 Å². The summed E-state index contributed by atoms with van der Waals surface area (Å²) in [5, 5.41) is 4.98. The summed E-state index contributed by atoms with van der Waals surface area (Å²) in [6.07, 6.45) is -0.536. The molecule has 0 aliphatic carbocycles. The Morgan fingerprint density at radius 1 is 1.20 bits per heavy atom. The molecule has 0 heterocycles. The summed E-state index contributed by atoms with van der Waals surface area (Å²) < 4.78 is 4.98. The van der Waals surface area contributed by atoms with Crippen LogP contribution in [0.4, 0.5) is 4.79 Å². The molecule has 0 bridgehead atoms. The van der Waals surface area contributed by atoms with Gasteiger partial charge in [0.1, 0.15) is 5.60 Å². The van der Waals surface area contributed by atoms with Gasteiger partial charge in [-0.25, -0.2) is 4.79 Å². The average Bonchev–Trinajstić information content (AvgIpc) is 2.00. The van der Waals surface area contributed by atoms with Crippen LogP contribution < -0.4 is 10.6 Å².